The quantitative estimate of drug-likeness (QED) is 0.0775. The van der Waals surface area contributed by atoms with Crippen molar-refractivity contribution in [3.8, 4) is 0 Å². The van der Waals surface area contributed by atoms with Gasteiger partial charge in [0.1, 0.15) is 48.3 Å². The minimum Gasteiger partial charge on any atom is -0.394 e. The normalized spacial score (nSPS) is 20.4. The van der Waals surface area contributed by atoms with Crippen molar-refractivity contribution < 1.29 is 43.2 Å². The predicted molar refractivity (Wildman–Crippen MR) is 249 cm³/mol. The number of rotatable bonds is 16. The standard InChI is InChI=1S/C21H27ClN2O2.C15H23NO4.C13H12F2N6O/c22-20-8-6-19(7-9-20)21(18-4-2-1-3-5-18)24-12-10-23(11-13-24)14-16-26-17-15-25;1-8-3-9(2)15(20)11(4-8)12(17)5-10-6-13(18)16-14(19)7-10;14-10-1-2-11(12(15)3-10)13(22,4-20-8-16-6-18-20)5-21-9-17-7-19-21/h1-9,21,25H,10-17H2;8-12,17H,3-7H2,1-2H3,(H,16,18,19);1-3,6-9,22H,4-5H2/t;8-,9-,11-,12+;/m.0./s1. The Kier molecular flexibility index (Phi) is 19.4. The van der Waals surface area contributed by atoms with Crippen LogP contribution < -0.4 is 5.32 Å². The lowest BCUT2D eigenvalue weighted by Gasteiger charge is -2.39. The van der Waals surface area contributed by atoms with Gasteiger partial charge in [0.05, 0.1) is 45.1 Å². The highest BCUT2D eigenvalue weighted by molar-refractivity contribution is 6.30. The number of nitrogens with one attached hydrogen (secondary N) is 1. The number of hydrogen-bond donors (Lipinski definition) is 4. The van der Waals surface area contributed by atoms with Crippen LogP contribution in [-0.4, -0.2) is 131 Å². The molecular weight excluding hydrogens is 900 g/mol. The molecule has 2 aromatic heterocycles. The van der Waals surface area contributed by atoms with E-state index in [2.05, 4.69) is 84.7 Å². The number of carbonyl (C=O) groups is 3. The Balaban J connectivity index is 0.000000170. The molecule has 3 aliphatic rings. The monoisotopic (exact) mass is 961 g/mol. The van der Waals surface area contributed by atoms with Gasteiger partial charge in [-0.05, 0) is 60.4 Å². The van der Waals surface area contributed by atoms with Gasteiger partial charge < -0.3 is 20.1 Å². The van der Waals surface area contributed by atoms with E-state index >= 15 is 0 Å². The van der Waals surface area contributed by atoms with Gasteiger partial charge in [-0.1, -0.05) is 74.0 Å². The molecule has 2 saturated heterocycles. The summed E-state index contributed by atoms with van der Waals surface area (Å²) in [5.74, 6) is -2.06. The Labute approximate surface area is 400 Å². The average molecular weight is 963 g/mol. The Morgan fingerprint density at radius 3 is 2.03 bits per heavy atom. The summed E-state index contributed by atoms with van der Waals surface area (Å²) in [6.45, 7) is 10.1. The predicted octanol–water partition coefficient (Wildman–Crippen LogP) is 4.83. The van der Waals surface area contributed by atoms with Crippen molar-refractivity contribution in [2.24, 2.45) is 23.7 Å². The SMILES string of the molecule is C[C@@H]1C[C@@H]([C@H](O)CC2CC(=O)NC(=O)C2)C(=O)[C@@H](C)C1.OC(Cn1cncn1)(Cn1cncn1)c1ccc(F)cc1F.OCCOCCN1CCN(C(c2ccccc2)c2ccc(Cl)cc2)CC1. The lowest BCUT2D eigenvalue weighted by Crippen LogP contribution is -2.48. The van der Waals surface area contributed by atoms with Crippen molar-refractivity contribution >= 4 is 29.2 Å². The number of aromatic nitrogens is 6. The number of Topliss-reactive ketones (excluding diaryl/α,β-unsaturated/α-hetero) is 1. The van der Waals surface area contributed by atoms with Gasteiger partial charge in [0.15, 0.2) is 0 Å². The van der Waals surface area contributed by atoms with Crippen LogP contribution in [0.4, 0.5) is 8.78 Å². The van der Waals surface area contributed by atoms with Crippen molar-refractivity contribution in [1.29, 1.82) is 0 Å². The summed E-state index contributed by atoms with van der Waals surface area (Å²) in [7, 11) is 0. The molecule has 0 spiro atoms. The summed E-state index contributed by atoms with van der Waals surface area (Å²) in [6, 6.07) is 22.2. The van der Waals surface area contributed by atoms with Crippen molar-refractivity contribution in [3.05, 3.63) is 131 Å². The van der Waals surface area contributed by atoms with Crippen LogP contribution in [-0.2, 0) is 37.8 Å². The minimum atomic E-state index is -1.70. The van der Waals surface area contributed by atoms with Crippen LogP contribution in [0, 0.1) is 35.3 Å². The Morgan fingerprint density at radius 1 is 0.838 bits per heavy atom. The maximum Gasteiger partial charge on any atom is 0.226 e. The van der Waals surface area contributed by atoms with Crippen LogP contribution in [0.25, 0.3) is 0 Å². The zero-order chi connectivity index (χ0) is 48.6. The molecule has 1 aliphatic carbocycles. The molecule has 0 bridgehead atoms. The number of aliphatic hydroxyl groups excluding tert-OH is 2. The van der Waals surface area contributed by atoms with E-state index in [0.29, 0.717) is 32.0 Å². The Hall–Kier alpha value is -5.34. The van der Waals surface area contributed by atoms with Gasteiger partial charge in [-0.3, -0.25) is 29.5 Å². The van der Waals surface area contributed by atoms with E-state index in [1.807, 2.05) is 19.1 Å². The Bertz CT molecular complexity index is 2270. The summed E-state index contributed by atoms with van der Waals surface area (Å²) < 4.78 is 35.3. The lowest BCUT2D eigenvalue weighted by molar-refractivity contribution is -0.136. The molecule has 3 aromatic carbocycles. The summed E-state index contributed by atoms with van der Waals surface area (Å²) in [4.78, 5) is 47.4. The maximum atomic E-state index is 14.1. The van der Waals surface area contributed by atoms with Gasteiger partial charge in [0.2, 0.25) is 11.8 Å². The third-order valence-corrected chi connectivity index (χ3v) is 12.9. The number of aliphatic hydroxyl groups is 3. The van der Waals surface area contributed by atoms with E-state index in [9.17, 15) is 33.4 Å². The largest absolute Gasteiger partial charge is 0.394 e. The number of ketones is 1. The fraction of sp³-hybridized carbons (Fsp3) is 0.490. The summed E-state index contributed by atoms with van der Waals surface area (Å²) in [5, 5.41) is 40.9. The maximum absolute atomic E-state index is 14.1. The molecule has 366 valence electrons. The Morgan fingerprint density at radius 2 is 1.46 bits per heavy atom. The first kappa shape index (κ1) is 52.0. The van der Waals surface area contributed by atoms with Gasteiger partial charge in [-0.2, -0.15) is 10.2 Å². The molecule has 2 amide bonds. The summed E-state index contributed by atoms with van der Waals surface area (Å²) >= 11 is 6.09. The molecule has 8 rings (SSSR count). The number of benzene rings is 3. The highest BCUT2D eigenvalue weighted by Crippen LogP contribution is 2.35. The number of carbonyl (C=O) groups excluding carboxylic acids is 3. The van der Waals surface area contributed by atoms with Gasteiger partial charge in [0, 0.05) is 74.1 Å². The van der Waals surface area contributed by atoms with Crippen molar-refractivity contribution in [2.45, 2.75) is 76.8 Å². The molecule has 1 unspecified atom stereocenters. The van der Waals surface area contributed by atoms with Crippen LogP contribution >= 0.6 is 11.6 Å². The minimum absolute atomic E-state index is 0.00492. The first-order valence-corrected chi connectivity index (χ1v) is 23.4. The third-order valence-electron chi connectivity index (χ3n) is 12.6. The van der Waals surface area contributed by atoms with E-state index in [1.54, 1.807) is 0 Å². The highest BCUT2D eigenvalue weighted by Gasteiger charge is 2.39. The molecule has 0 radical (unpaired) electrons. The third kappa shape index (κ3) is 15.1. The molecule has 4 heterocycles. The molecule has 2 aliphatic heterocycles. The molecule has 19 heteroatoms. The molecule has 5 aromatic rings. The fourth-order valence-corrected chi connectivity index (χ4v) is 9.48. The zero-order valence-electron chi connectivity index (χ0n) is 38.5. The molecule has 68 heavy (non-hydrogen) atoms. The molecule has 5 atom stereocenters. The number of piperidine rings is 1. The second-order valence-corrected chi connectivity index (χ2v) is 18.4. The molecular formula is C49H62ClF2N9O7. The molecule has 16 nitrogen and oxygen atoms in total. The zero-order valence-corrected chi connectivity index (χ0v) is 39.3. The van der Waals surface area contributed by atoms with E-state index in [-0.39, 0.29) is 79.5 Å². The van der Waals surface area contributed by atoms with E-state index in [4.69, 9.17) is 21.4 Å². The van der Waals surface area contributed by atoms with Crippen LogP contribution in [0.15, 0.2) is 98.1 Å². The number of imide groups is 1. The fourth-order valence-electron chi connectivity index (χ4n) is 9.36. The number of piperazine rings is 1. The van der Waals surface area contributed by atoms with Crippen LogP contribution in [0.1, 0.15) is 68.7 Å². The van der Waals surface area contributed by atoms with Crippen LogP contribution in [0.5, 0.6) is 0 Å². The second-order valence-electron chi connectivity index (χ2n) is 18.0. The second kappa shape index (κ2) is 25.3. The van der Waals surface area contributed by atoms with Gasteiger partial charge in [-0.15, -0.1) is 0 Å². The van der Waals surface area contributed by atoms with Gasteiger partial charge >= 0.3 is 0 Å². The first-order chi connectivity index (χ1) is 32.7. The van der Waals surface area contributed by atoms with E-state index in [0.717, 1.165) is 56.3 Å². The van der Waals surface area contributed by atoms with Crippen molar-refractivity contribution in [1.82, 2.24) is 44.6 Å². The molecule has 3 fully saturated rings. The topological polar surface area (TPSA) is 201 Å². The number of ether oxygens (including phenoxy) is 1. The number of nitrogens with zero attached hydrogens (tertiary/aromatic N) is 8. The first-order valence-electron chi connectivity index (χ1n) is 23.0. The summed E-state index contributed by atoms with van der Waals surface area (Å²) in [5.41, 5.74) is 0.842. The van der Waals surface area contributed by atoms with Gasteiger partial charge in [0.25, 0.3) is 0 Å². The van der Waals surface area contributed by atoms with E-state index in [1.165, 1.54) is 51.9 Å². The number of halogens is 3. The molecule has 1 saturated carbocycles. The smallest absolute Gasteiger partial charge is 0.226 e. The van der Waals surface area contributed by atoms with Crippen LogP contribution in [0.3, 0.4) is 0 Å². The highest BCUT2D eigenvalue weighted by atomic mass is 35.5. The van der Waals surface area contributed by atoms with E-state index < -0.39 is 23.3 Å². The summed E-state index contributed by atoms with van der Waals surface area (Å²) in [6.07, 6.45) is 7.12. The average Bonchev–Trinajstić information content (AvgIpc) is 4.03. The number of hydrogen-bond acceptors (Lipinski definition) is 13. The van der Waals surface area contributed by atoms with Crippen molar-refractivity contribution in [3.63, 3.8) is 0 Å². The van der Waals surface area contributed by atoms with Crippen molar-refractivity contribution in [2.75, 3.05) is 52.5 Å². The lowest BCUT2D eigenvalue weighted by atomic mass is 9.71. The van der Waals surface area contributed by atoms with Gasteiger partial charge in [-0.25, -0.2) is 28.1 Å². The number of amides is 2. The van der Waals surface area contributed by atoms with Crippen LogP contribution in [0.2, 0.25) is 5.02 Å². The molecule has 4 N–H and O–H groups in total.